The highest BCUT2D eigenvalue weighted by Gasteiger charge is 2.16. The van der Waals surface area contributed by atoms with Gasteiger partial charge in [-0.05, 0) is 37.2 Å². The van der Waals surface area contributed by atoms with Crippen molar-refractivity contribution in [3.63, 3.8) is 0 Å². The lowest BCUT2D eigenvalue weighted by atomic mass is 10.2. The predicted octanol–water partition coefficient (Wildman–Crippen LogP) is 1.30. The van der Waals surface area contributed by atoms with Gasteiger partial charge in [0.1, 0.15) is 12.7 Å². The van der Waals surface area contributed by atoms with Gasteiger partial charge in [0.05, 0.1) is 20.3 Å². The lowest BCUT2D eigenvalue weighted by molar-refractivity contribution is 0.0374. The SMILES string of the molecule is COc1cc(CNCCCN2CCOCC2)ccc1OC[C@H](O)CN1CCSCC1. The van der Waals surface area contributed by atoms with Crippen molar-refractivity contribution in [2.24, 2.45) is 0 Å². The molecule has 0 spiro atoms. The van der Waals surface area contributed by atoms with Crippen molar-refractivity contribution < 1.29 is 19.3 Å². The summed E-state index contributed by atoms with van der Waals surface area (Å²) in [6.07, 6.45) is 0.636. The van der Waals surface area contributed by atoms with Gasteiger partial charge in [-0.3, -0.25) is 9.80 Å². The number of hydrogen-bond acceptors (Lipinski definition) is 8. The summed E-state index contributed by atoms with van der Waals surface area (Å²) in [5.74, 6) is 3.68. The molecule has 3 rings (SSSR count). The topological polar surface area (TPSA) is 66.4 Å². The van der Waals surface area contributed by atoms with Gasteiger partial charge in [0.25, 0.3) is 0 Å². The molecule has 0 bridgehead atoms. The van der Waals surface area contributed by atoms with Gasteiger partial charge in [-0.25, -0.2) is 0 Å². The maximum Gasteiger partial charge on any atom is 0.161 e. The first-order valence-electron chi connectivity index (χ1n) is 11.0. The van der Waals surface area contributed by atoms with Crippen molar-refractivity contribution in [2.75, 3.05) is 84.2 Å². The molecule has 1 atom stereocenters. The van der Waals surface area contributed by atoms with Crippen LogP contribution in [0.3, 0.4) is 0 Å². The van der Waals surface area contributed by atoms with Crippen molar-refractivity contribution in [3.05, 3.63) is 23.8 Å². The molecule has 2 aliphatic heterocycles. The van der Waals surface area contributed by atoms with E-state index < -0.39 is 6.10 Å². The second kappa shape index (κ2) is 13.4. The van der Waals surface area contributed by atoms with E-state index in [1.54, 1.807) is 7.11 Å². The average Bonchev–Trinajstić information content (AvgIpc) is 2.79. The lowest BCUT2D eigenvalue weighted by Gasteiger charge is -2.28. The summed E-state index contributed by atoms with van der Waals surface area (Å²) in [5.41, 5.74) is 1.16. The number of benzene rings is 1. The van der Waals surface area contributed by atoms with Crippen molar-refractivity contribution in [3.8, 4) is 11.5 Å². The third kappa shape index (κ3) is 8.24. The fourth-order valence-electron chi connectivity index (χ4n) is 3.75. The number of morpholine rings is 1. The van der Waals surface area contributed by atoms with Crippen LogP contribution < -0.4 is 14.8 Å². The molecular weight excluding hydrogens is 402 g/mol. The monoisotopic (exact) mass is 439 g/mol. The van der Waals surface area contributed by atoms with Crippen LogP contribution in [0.2, 0.25) is 0 Å². The number of nitrogens with one attached hydrogen (secondary N) is 1. The fraction of sp³-hybridized carbons (Fsp3) is 0.727. The van der Waals surface area contributed by atoms with Crippen molar-refractivity contribution in [2.45, 2.75) is 19.1 Å². The summed E-state index contributed by atoms with van der Waals surface area (Å²) < 4.78 is 16.7. The summed E-state index contributed by atoms with van der Waals surface area (Å²) in [4.78, 5) is 4.76. The minimum absolute atomic E-state index is 0.277. The van der Waals surface area contributed by atoms with E-state index in [1.807, 2.05) is 23.9 Å². The van der Waals surface area contributed by atoms with E-state index in [4.69, 9.17) is 14.2 Å². The standard InChI is InChI=1S/C22H37N3O4S/c1-27-22-15-19(16-23-5-2-6-24-7-11-28-12-8-24)3-4-21(22)29-18-20(26)17-25-9-13-30-14-10-25/h3-4,15,20,23,26H,2,5-14,16-18H2,1H3/t20-/m1/s1. The molecule has 0 radical (unpaired) electrons. The minimum Gasteiger partial charge on any atom is -0.493 e. The van der Waals surface area contributed by atoms with Crippen LogP contribution in [0.5, 0.6) is 11.5 Å². The van der Waals surface area contributed by atoms with E-state index in [2.05, 4.69) is 21.2 Å². The van der Waals surface area contributed by atoms with E-state index in [0.717, 1.165) is 82.5 Å². The van der Waals surface area contributed by atoms with Gasteiger partial charge in [-0.1, -0.05) is 6.07 Å². The van der Waals surface area contributed by atoms with Gasteiger partial charge in [0, 0.05) is 50.8 Å². The molecule has 7 nitrogen and oxygen atoms in total. The Kier molecular flexibility index (Phi) is 10.6. The normalized spacial score (nSPS) is 19.5. The second-order valence-corrected chi connectivity index (χ2v) is 9.07. The molecule has 0 amide bonds. The predicted molar refractivity (Wildman–Crippen MR) is 122 cm³/mol. The molecule has 1 aromatic rings. The smallest absolute Gasteiger partial charge is 0.161 e. The van der Waals surface area contributed by atoms with Crippen LogP contribution in [0.4, 0.5) is 0 Å². The summed E-state index contributed by atoms with van der Waals surface area (Å²) in [5, 5.41) is 13.8. The zero-order valence-electron chi connectivity index (χ0n) is 18.2. The summed E-state index contributed by atoms with van der Waals surface area (Å²) in [6, 6.07) is 6.01. The number of rotatable bonds is 12. The van der Waals surface area contributed by atoms with E-state index in [-0.39, 0.29) is 6.61 Å². The highest BCUT2D eigenvalue weighted by molar-refractivity contribution is 7.99. The van der Waals surface area contributed by atoms with Crippen molar-refractivity contribution in [1.29, 1.82) is 0 Å². The van der Waals surface area contributed by atoms with Gasteiger partial charge in [0.2, 0.25) is 0 Å². The Morgan fingerprint density at radius 1 is 1.13 bits per heavy atom. The molecule has 1 aromatic carbocycles. The Labute approximate surface area is 185 Å². The number of hydrogen-bond donors (Lipinski definition) is 2. The number of methoxy groups -OCH3 is 1. The van der Waals surface area contributed by atoms with E-state index >= 15 is 0 Å². The van der Waals surface area contributed by atoms with E-state index in [1.165, 1.54) is 0 Å². The largest absolute Gasteiger partial charge is 0.493 e. The molecular formula is C22H37N3O4S. The molecule has 170 valence electrons. The van der Waals surface area contributed by atoms with Gasteiger partial charge < -0.3 is 24.6 Å². The van der Waals surface area contributed by atoms with E-state index in [0.29, 0.717) is 18.0 Å². The second-order valence-electron chi connectivity index (χ2n) is 7.85. The van der Waals surface area contributed by atoms with Crippen LogP contribution in [-0.2, 0) is 11.3 Å². The summed E-state index contributed by atoms with van der Waals surface area (Å²) in [7, 11) is 1.66. The summed E-state index contributed by atoms with van der Waals surface area (Å²) >= 11 is 1.97. The Morgan fingerprint density at radius 3 is 2.70 bits per heavy atom. The molecule has 2 saturated heterocycles. The molecule has 2 aliphatic rings. The van der Waals surface area contributed by atoms with E-state index in [9.17, 15) is 5.11 Å². The first kappa shape index (κ1) is 23.6. The van der Waals surface area contributed by atoms with Crippen LogP contribution >= 0.6 is 11.8 Å². The molecule has 2 heterocycles. The van der Waals surface area contributed by atoms with Crippen molar-refractivity contribution >= 4 is 11.8 Å². The Bertz CT molecular complexity index is 610. The first-order chi connectivity index (χ1) is 14.7. The Balaban J connectivity index is 1.35. The number of aliphatic hydroxyl groups is 1. The first-order valence-corrected chi connectivity index (χ1v) is 12.2. The number of ether oxygens (including phenoxy) is 3. The Hall–Kier alpha value is -1.03. The van der Waals surface area contributed by atoms with Crippen LogP contribution in [0.15, 0.2) is 18.2 Å². The van der Waals surface area contributed by atoms with Gasteiger partial charge >= 0.3 is 0 Å². The molecule has 0 aromatic heterocycles. The maximum atomic E-state index is 10.3. The van der Waals surface area contributed by atoms with Crippen LogP contribution in [0.25, 0.3) is 0 Å². The molecule has 0 aliphatic carbocycles. The highest BCUT2D eigenvalue weighted by Crippen LogP contribution is 2.28. The van der Waals surface area contributed by atoms with Gasteiger partial charge in [-0.2, -0.15) is 11.8 Å². The molecule has 30 heavy (non-hydrogen) atoms. The molecule has 0 saturated carbocycles. The number of thioether (sulfide) groups is 1. The van der Waals surface area contributed by atoms with Crippen LogP contribution in [-0.4, -0.2) is 105 Å². The zero-order chi connectivity index (χ0) is 21.0. The molecule has 0 unspecified atom stereocenters. The van der Waals surface area contributed by atoms with Crippen LogP contribution in [0, 0.1) is 0 Å². The number of β-amino-alcohol motifs (C(OH)–C–C–N with tert-alkyl or cyclic N) is 1. The van der Waals surface area contributed by atoms with Gasteiger partial charge in [0.15, 0.2) is 11.5 Å². The van der Waals surface area contributed by atoms with Crippen LogP contribution in [0.1, 0.15) is 12.0 Å². The Morgan fingerprint density at radius 2 is 1.93 bits per heavy atom. The van der Waals surface area contributed by atoms with Gasteiger partial charge in [-0.15, -0.1) is 0 Å². The average molecular weight is 440 g/mol. The summed E-state index contributed by atoms with van der Waals surface area (Å²) in [6.45, 7) is 9.73. The quantitative estimate of drug-likeness (QED) is 0.473. The minimum atomic E-state index is -0.495. The molecule has 8 heteroatoms. The van der Waals surface area contributed by atoms with Crippen molar-refractivity contribution in [1.82, 2.24) is 15.1 Å². The number of aliphatic hydroxyl groups excluding tert-OH is 1. The fourth-order valence-corrected chi connectivity index (χ4v) is 4.73. The maximum absolute atomic E-state index is 10.3. The highest BCUT2D eigenvalue weighted by atomic mass is 32.2. The zero-order valence-corrected chi connectivity index (χ0v) is 19.0. The molecule has 2 fully saturated rings. The third-order valence-corrected chi connectivity index (χ3v) is 6.44. The molecule has 2 N–H and O–H groups in total. The third-order valence-electron chi connectivity index (χ3n) is 5.49. The lowest BCUT2D eigenvalue weighted by Crippen LogP contribution is -2.40. The number of nitrogens with zero attached hydrogens (tertiary/aromatic N) is 2.